The van der Waals surface area contributed by atoms with E-state index in [1.807, 2.05) is 36.1 Å². The highest BCUT2D eigenvalue weighted by atomic mass is 32.1. The van der Waals surface area contributed by atoms with Crippen LogP contribution < -0.4 is 10.9 Å². The number of aryl methyl sites for hydroxylation is 1. The number of hydrogen-bond acceptors (Lipinski definition) is 3. The zero-order chi connectivity index (χ0) is 18.5. The molecule has 0 atom stereocenters. The van der Waals surface area contributed by atoms with Gasteiger partial charge in [0.25, 0.3) is 5.56 Å². The van der Waals surface area contributed by atoms with Gasteiger partial charge in [-0.25, -0.2) is 0 Å². The number of aliphatic hydroxyl groups excluding tert-OH is 1. The highest BCUT2D eigenvalue weighted by molar-refractivity contribution is 7.80. The summed E-state index contributed by atoms with van der Waals surface area (Å²) in [6, 6.07) is 8.34. The smallest absolute Gasteiger partial charge is 0.253 e. The molecule has 0 saturated heterocycles. The molecule has 3 N–H and O–H groups in total. The number of aliphatic hydroxyl groups is 1. The summed E-state index contributed by atoms with van der Waals surface area (Å²) in [7, 11) is 0. The van der Waals surface area contributed by atoms with Crippen molar-refractivity contribution in [3.8, 4) is 0 Å². The Morgan fingerprint density at radius 3 is 2.81 bits per heavy atom. The molecule has 26 heavy (non-hydrogen) atoms. The van der Waals surface area contributed by atoms with Gasteiger partial charge in [-0.15, -0.1) is 0 Å². The van der Waals surface area contributed by atoms with Crippen LogP contribution in [0.4, 0.5) is 0 Å². The van der Waals surface area contributed by atoms with Crippen molar-refractivity contribution in [1.29, 1.82) is 0 Å². The van der Waals surface area contributed by atoms with Gasteiger partial charge in [0.05, 0.1) is 13.2 Å². The summed E-state index contributed by atoms with van der Waals surface area (Å²) in [6.45, 7) is 2.80. The van der Waals surface area contributed by atoms with E-state index < -0.39 is 0 Å². The minimum atomic E-state index is -0.105. The zero-order valence-electron chi connectivity index (χ0n) is 15.3. The van der Waals surface area contributed by atoms with E-state index in [4.69, 9.17) is 12.2 Å². The Bertz CT molecular complexity index is 827. The maximum absolute atomic E-state index is 12.5. The predicted molar refractivity (Wildman–Crippen MR) is 109 cm³/mol. The van der Waals surface area contributed by atoms with Crippen LogP contribution in [0.2, 0.25) is 0 Å². The molecular weight excluding hydrogens is 346 g/mol. The van der Waals surface area contributed by atoms with Gasteiger partial charge in [0.15, 0.2) is 5.11 Å². The lowest BCUT2D eigenvalue weighted by molar-refractivity contribution is 0.243. The number of nitrogens with zero attached hydrogens (tertiary/aromatic N) is 1. The lowest BCUT2D eigenvalue weighted by atomic mass is 9.96. The first-order valence-electron chi connectivity index (χ1n) is 9.35. The second kappa shape index (κ2) is 8.64. The van der Waals surface area contributed by atoms with Gasteiger partial charge in [-0.3, -0.25) is 4.79 Å². The Morgan fingerprint density at radius 2 is 2.08 bits per heavy atom. The van der Waals surface area contributed by atoms with E-state index in [1.165, 1.54) is 19.3 Å². The van der Waals surface area contributed by atoms with Gasteiger partial charge < -0.3 is 20.3 Å². The van der Waals surface area contributed by atoms with Crippen LogP contribution in [0.25, 0.3) is 10.9 Å². The fraction of sp³-hybridized carbons (Fsp3) is 0.500. The summed E-state index contributed by atoms with van der Waals surface area (Å²) < 4.78 is 0. The van der Waals surface area contributed by atoms with Crippen LogP contribution in [0.3, 0.4) is 0 Å². The molecule has 5 nitrogen and oxygen atoms in total. The Morgan fingerprint density at radius 1 is 1.31 bits per heavy atom. The van der Waals surface area contributed by atoms with Gasteiger partial charge in [0.1, 0.15) is 0 Å². The van der Waals surface area contributed by atoms with Crippen LogP contribution in [0.1, 0.15) is 43.2 Å². The van der Waals surface area contributed by atoms with Crippen molar-refractivity contribution in [1.82, 2.24) is 15.2 Å². The third-order valence-corrected chi connectivity index (χ3v) is 5.41. The molecule has 1 aromatic heterocycles. The Hall–Kier alpha value is -1.92. The maximum atomic E-state index is 12.5. The lowest BCUT2D eigenvalue weighted by Crippen LogP contribution is -2.46. The van der Waals surface area contributed by atoms with Crippen LogP contribution in [0.15, 0.2) is 29.1 Å². The monoisotopic (exact) mass is 373 g/mol. The highest BCUT2D eigenvalue weighted by Crippen LogP contribution is 2.18. The second-order valence-electron chi connectivity index (χ2n) is 7.14. The number of thiocarbonyl (C=S) groups is 1. The molecule has 6 heteroatoms. The SMILES string of the molecule is Cc1ccc2cc(CN(CCO)C(=S)NC3CCCCC3)c(=O)[nH]c2c1. The number of hydrogen-bond donors (Lipinski definition) is 3. The lowest BCUT2D eigenvalue weighted by Gasteiger charge is -2.30. The van der Waals surface area contributed by atoms with Crippen LogP contribution in [-0.2, 0) is 6.54 Å². The predicted octanol–water partition coefficient (Wildman–Crippen LogP) is 2.84. The number of aromatic nitrogens is 1. The molecular formula is C20H27N3O2S. The van der Waals surface area contributed by atoms with Gasteiger partial charge >= 0.3 is 0 Å². The number of nitrogens with one attached hydrogen (secondary N) is 2. The van der Waals surface area contributed by atoms with Crippen molar-refractivity contribution in [3.05, 3.63) is 45.7 Å². The van der Waals surface area contributed by atoms with Crippen molar-refractivity contribution in [3.63, 3.8) is 0 Å². The molecule has 0 spiro atoms. The topological polar surface area (TPSA) is 68.4 Å². The first-order valence-corrected chi connectivity index (χ1v) is 9.76. The third-order valence-electron chi connectivity index (χ3n) is 5.03. The molecule has 1 saturated carbocycles. The van der Waals surface area contributed by atoms with E-state index in [2.05, 4.69) is 10.3 Å². The van der Waals surface area contributed by atoms with Crippen molar-refractivity contribution in [2.75, 3.05) is 13.2 Å². The van der Waals surface area contributed by atoms with Crippen molar-refractivity contribution in [2.24, 2.45) is 0 Å². The van der Waals surface area contributed by atoms with Gasteiger partial charge in [-0.2, -0.15) is 0 Å². The molecule has 1 aliphatic rings. The molecule has 1 fully saturated rings. The number of pyridine rings is 1. The molecule has 140 valence electrons. The van der Waals surface area contributed by atoms with E-state index >= 15 is 0 Å². The van der Waals surface area contributed by atoms with E-state index in [-0.39, 0.29) is 12.2 Å². The van der Waals surface area contributed by atoms with Crippen LogP contribution >= 0.6 is 12.2 Å². The number of H-pyrrole nitrogens is 1. The molecule has 3 rings (SSSR count). The summed E-state index contributed by atoms with van der Waals surface area (Å²) in [6.07, 6.45) is 6.00. The molecule has 1 heterocycles. The van der Waals surface area contributed by atoms with Crippen molar-refractivity contribution >= 4 is 28.2 Å². The number of benzene rings is 1. The fourth-order valence-corrected chi connectivity index (χ4v) is 3.89. The van der Waals surface area contributed by atoms with Crippen molar-refractivity contribution in [2.45, 2.75) is 51.6 Å². The second-order valence-corrected chi connectivity index (χ2v) is 7.53. The molecule has 0 bridgehead atoms. The van der Waals surface area contributed by atoms with E-state index in [9.17, 15) is 9.90 Å². The minimum Gasteiger partial charge on any atom is -0.395 e. The Labute approximate surface area is 159 Å². The molecule has 0 aliphatic heterocycles. The molecule has 0 unspecified atom stereocenters. The quantitative estimate of drug-likeness (QED) is 0.703. The van der Waals surface area contributed by atoms with Gasteiger partial charge in [0, 0.05) is 23.7 Å². The average Bonchev–Trinajstić information content (AvgIpc) is 2.62. The van der Waals surface area contributed by atoms with E-state index in [1.54, 1.807) is 0 Å². The number of fused-ring (bicyclic) bond motifs is 1. The molecule has 1 aliphatic carbocycles. The standard InChI is InChI=1S/C20H27N3O2S/c1-14-7-8-15-12-16(19(25)22-18(15)11-14)13-23(9-10-24)20(26)21-17-5-3-2-4-6-17/h7-8,11-12,17,24H,2-6,9-10,13H2,1H3,(H,21,26)(H,22,25). The van der Waals surface area contributed by atoms with Gasteiger partial charge in [0.2, 0.25) is 0 Å². The summed E-state index contributed by atoms with van der Waals surface area (Å²) >= 11 is 5.57. The van der Waals surface area contributed by atoms with Crippen molar-refractivity contribution < 1.29 is 5.11 Å². The Balaban J connectivity index is 1.77. The maximum Gasteiger partial charge on any atom is 0.253 e. The van der Waals surface area contributed by atoms with Crippen LogP contribution in [0, 0.1) is 6.92 Å². The normalized spacial score (nSPS) is 15.2. The van der Waals surface area contributed by atoms with E-state index in [0.717, 1.165) is 29.3 Å². The first-order chi connectivity index (χ1) is 12.6. The fourth-order valence-electron chi connectivity index (χ4n) is 3.57. The highest BCUT2D eigenvalue weighted by Gasteiger charge is 2.18. The third kappa shape index (κ3) is 4.62. The molecule has 1 aromatic carbocycles. The molecule has 0 amide bonds. The number of rotatable bonds is 5. The van der Waals surface area contributed by atoms with Crippen LogP contribution in [0.5, 0.6) is 0 Å². The summed E-state index contributed by atoms with van der Waals surface area (Å²) in [4.78, 5) is 17.3. The molecule has 2 aromatic rings. The zero-order valence-corrected chi connectivity index (χ0v) is 16.1. The van der Waals surface area contributed by atoms with E-state index in [0.29, 0.717) is 29.8 Å². The minimum absolute atomic E-state index is 0.00281. The first kappa shape index (κ1) is 18.9. The van der Waals surface area contributed by atoms with Crippen LogP contribution in [-0.4, -0.2) is 39.3 Å². The average molecular weight is 374 g/mol. The van der Waals surface area contributed by atoms with Gasteiger partial charge in [-0.05, 0) is 55.1 Å². The summed E-state index contributed by atoms with van der Waals surface area (Å²) in [5, 5.41) is 14.5. The summed E-state index contributed by atoms with van der Waals surface area (Å²) in [5.74, 6) is 0. The number of aromatic amines is 1. The summed E-state index contributed by atoms with van der Waals surface area (Å²) in [5.41, 5.74) is 2.50. The largest absolute Gasteiger partial charge is 0.395 e. The Kier molecular flexibility index (Phi) is 6.27. The molecule has 0 radical (unpaired) electrons. The van der Waals surface area contributed by atoms with Gasteiger partial charge in [-0.1, -0.05) is 31.4 Å².